The van der Waals surface area contributed by atoms with Gasteiger partial charge in [-0.15, -0.1) is 0 Å². The Bertz CT molecular complexity index is 178. The first kappa shape index (κ1) is 10.4. The highest BCUT2D eigenvalue weighted by molar-refractivity contribution is 5.01. The molecule has 0 aromatic carbocycles. The van der Waals surface area contributed by atoms with E-state index in [0.29, 0.717) is 0 Å². The standard InChI is InChI=1S/C12H24N2/c1-9(2)13-7-8-14(10(3)4)12-6-5-11(12)13/h9-12H,5-8H2,1-4H3. The van der Waals surface area contributed by atoms with Crippen LogP contribution in [0.4, 0.5) is 0 Å². The molecule has 1 aliphatic heterocycles. The van der Waals surface area contributed by atoms with E-state index in [9.17, 15) is 0 Å². The average molecular weight is 196 g/mol. The van der Waals surface area contributed by atoms with E-state index < -0.39 is 0 Å². The van der Waals surface area contributed by atoms with Crippen molar-refractivity contribution < 1.29 is 0 Å². The van der Waals surface area contributed by atoms with Crippen LogP contribution >= 0.6 is 0 Å². The van der Waals surface area contributed by atoms with Crippen molar-refractivity contribution in [1.82, 2.24) is 9.80 Å². The van der Waals surface area contributed by atoms with Crippen molar-refractivity contribution in [2.75, 3.05) is 13.1 Å². The minimum atomic E-state index is 0.733. The van der Waals surface area contributed by atoms with Crippen molar-refractivity contribution in [1.29, 1.82) is 0 Å². The fraction of sp³-hybridized carbons (Fsp3) is 1.00. The summed E-state index contributed by atoms with van der Waals surface area (Å²) in [4.78, 5) is 5.40. The molecular formula is C12H24N2. The second-order valence-corrected chi connectivity index (χ2v) is 5.38. The Hall–Kier alpha value is -0.0800. The number of piperazine rings is 1. The smallest absolute Gasteiger partial charge is 0.0255 e. The van der Waals surface area contributed by atoms with Gasteiger partial charge in [-0.25, -0.2) is 0 Å². The first-order valence-electron chi connectivity index (χ1n) is 6.12. The van der Waals surface area contributed by atoms with E-state index in [-0.39, 0.29) is 0 Å². The molecule has 2 atom stereocenters. The molecule has 0 aromatic rings. The summed E-state index contributed by atoms with van der Waals surface area (Å²) in [6.45, 7) is 11.9. The zero-order chi connectivity index (χ0) is 10.3. The van der Waals surface area contributed by atoms with Crippen molar-refractivity contribution in [3.63, 3.8) is 0 Å². The summed E-state index contributed by atoms with van der Waals surface area (Å²) in [6.07, 6.45) is 2.85. The Balaban J connectivity index is 2.01. The molecule has 2 unspecified atom stereocenters. The van der Waals surface area contributed by atoms with Crippen LogP contribution in [0.5, 0.6) is 0 Å². The van der Waals surface area contributed by atoms with E-state index >= 15 is 0 Å². The second kappa shape index (κ2) is 3.82. The number of hydrogen-bond acceptors (Lipinski definition) is 2. The fourth-order valence-corrected chi connectivity index (χ4v) is 3.08. The van der Waals surface area contributed by atoms with Gasteiger partial charge in [0.1, 0.15) is 0 Å². The summed E-state index contributed by atoms with van der Waals surface area (Å²) >= 11 is 0. The normalized spacial score (nSPS) is 34.7. The van der Waals surface area contributed by atoms with Gasteiger partial charge in [-0.2, -0.15) is 0 Å². The topological polar surface area (TPSA) is 6.48 Å². The number of hydrogen-bond donors (Lipinski definition) is 0. The van der Waals surface area contributed by atoms with Gasteiger partial charge in [0, 0.05) is 37.3 Å². The fourth-order valence-electron chi connectivity index (χ4n) is 3.08. The third-order valence-electron chi connectivity index (χ3n) is 4.00. The minimum absolute atomic E-state index is 0.733. The van der Waals surface area contributed by atoms with Gasteiger partial charge < -0.3 is 0 Å². The third kappa shape index (κ3) is 1.59. The highest BCUT2D eigenvalue weighted by Gasteiger charge is 2.43. The predicted molar refractivity (Wildman–Crippen MR) is 60.5 cm³/mol. The molecule has 0 amide bonds. The highest BCUT2D eigenvalue weighted by atomic mass is 15.3. The molecule has 1 saturated carbocycles. The van der Waals surface area contributed by atoms with Crippen LogP contribution in [0.25, 0.3) is 0 Å². The van der Waals surface area contributed by atoms with E-state index in [2.05, 4.69) is 37.5 Å². The van der Waals surface area contributed by atoms with E-state index in [1.165, 1.54) is 25.9 Å². The molecule has 0 radical (unpaired) electrons. The van der Waals surface area contributed by atoms with Gasteiger partial charge in [-0.1, -0.05) is 0 Å². The van der Waals surface area contributed by atoms with Crippen LogP contribution in [-0.4, -0.2) is 47.1 Å². The zero-order valence-electron chi connectivity index (χ0n) is 10.0. The SMILES string of the molecule is CC(C)N1CCN(C(C)C)C2CCC21. The highest BCUT2D eigenvalue weighted by Crippen LogP contribution is 2.35. The van der Waals surface area contributed by atoms with Crippen molar-refractivity contribution in [3.8, 4) is 0 Å². The molecule has 0 aromatic heterocycles. The Labute approximate surface area is 88.3 Å². The van der Waals surface area contributed by atoms with Gasteiger partial charge >= 0.3 is 0 Å². The summed E-state index contributed by atoms with van der Waals surface area (Å²) in [7, 11) is 0. The van der Waals surface area contributed by atoms with Crippen LogP contribution in [0.15, 0.2) is 0 Å². The lowest BCUT2D eigenvalue weighted by molar-refractivity contribution is -0.0655. The molecule has 14 heavy (non-hydrogen) atoms. The quantitative estimate of drug-likeness (QED) is 0.666. The predicted octanol–water partition coefficient (Wildman–Crippen LogP) is 1.95. The summed E-state index contributed by atoms with van der Waals surface area (Å²) in [6, 6.07) is 3.20. The Morgan fingerprint density at radius 1 is 0.786 bits per heavy atom. The van der Waals surface area contributed by atoms with Crippen LogP contribution in [0, 0.1) is 0 Å². The molecule has 2 nitrogen and oxygen atoms in total. The van der Waals surface area contributed by atoms with Crippen LogP contribution < -0.4 is 0 Å². The summed E-state index contributed by atoms with van der Waals surface area (Å²) < 4.78 is 0. The summed E-state index contributed by atoms with van der Waals surface area (Å²) in [5, 5.41) is 0. The lowest BCUT2D eigenvalue weighted by atomic mass is 9.80. The van der Waals surface area contributed by atoms with E-state index in [1.54, 1.807) is 0 Å². The van der Waals surface area contributed by atoms with Gasteiger partial charge in [0.25, 0.3) is 0 Å². The van der Waals surface area contributed by atoms with Crippen LogP contribution in [-0.2, 0) is 0 Å². The number of rotatable bonds is 2. The molecule has 2 aliphatic rings. The maximum Gasteiger partial charge on any atom is 0.0255 e. The van der Waals surface area contributed by atoms with Crippen molar-refractivity contribution in [3.05, 3.63) is 0 Å². The monoisotopic (exact) mass is 196 g/mol. The number of fused-ring (bicyclic) bond motifs is 1. The first-order chi connectivity index (χ1) is 6.61. The van der Waals surface area contributed by atoms with Crippen LogP contribution in [0.1, 0.15) is 40.5 Å². The van der Waals surface area contributed by atoms with Crippen LogP contribution in [0.2, 0.25) is 0 Å². The molecule has 1 aliphatic carbocycles. The number of nitrogens with zero attached hydrogens (tertiary/aromatic N) is 2. The molecule has 0 N–H and O–H groups in total. The van der Waals surface area contributed by atoms with Gasteiger partial charge in [0.15, 0.2) is 0 Å². The maximum absolute atomic E-state index is 2.70. The molecule has 1 heterocycles. The Morgan fingerprint density at radius 2 is 1.14 bits per heavy atom. The van der Waals surface area contributed by atoms with E-state index in [1.807, 2.05) is 0 Å². The van der Waals surface area contributed by atoms with Crippen molar-refractivity contribution in [2.45, 2.75) is 64.7 Å². The Morgan fingerprint density at radius 3 is 1.36 bits per heavy atom. The molecule has 1 saturated heterocycles. The summed E-state index contributed by atoms with van der Waals surface area (Å²) in [5.74, 6) is 0. The van der Waals surface area contributed by atoms with Gasteiger partial charge in [0.2, 0.25) is 0 Å². The average Bonchev–Trinajstić information content (AvgIpc) is 2.04. The lowest BCUT2D eigenvalue weighted by Gasteiger charge is -2.56. The van der Waals surface area contributed by atoms with E-state index in [4.69, 9.17) is 0 Å². The molecule has 2 heteroatoms. The molecule has 82 valence electrons. The van der Waals surface area contributed by atoms with Gasteiger partial charge in [0.05, 0.1) is 0 Å². The second-order valence-electron chi connectivity index (χ2n) is 5.38. The maximum atomic E-state index is 2.70. The van der Waals surface area contributed by atoms with Gasteiger partial charge in [-0.3, -0.25) is 9.80 Å². The molecular weight excluding hydrogens is 172 g/mol. The first-order valence-corrected chi connectivity index (χ1v) is 6.12. The molecule has 0 bridgehead atoms. The summed E-state index contributed by atoms with van der Waals surface area (Å²) in [5.41, 5.74) is 0. The molecule has 2 fully saturated rings. The largest absolute Gasteiger partial charge is 0.295 e. The lowest BCUT2D eigenvalue weighted by Crippen LogP contribution is -2.67. The van der Waals surface area contributed by atoms with Gasteiger partial charge in [-0.05, 0) is 40.5 Å². The molecule has 2 rings (SSSR count). The van der Waals surface area contributed by atoms with Crippen molar-refractivity contribution in [2.24, 2.45) is 0 Å². The third-order valence-corrected chi connectivity index (χ3v) is 4.00. The van der Waals surface area contributed by atoms with E-state index in [0.717, 1.165) is 24.2 Å². The minimum Gasteiger partial charge on any atom is -0.295 e. The van der Waals surface area contributed by atoms with Crippen molar-refractivity contribution >= 4 is 0 Å². The Kier molecular flexibility index (Phi) is 2.85. The van der Waals surface area contributed by atoms with Crippen LogP contribution in [0.3, 0.4) is 0 Å². The molecule has 0 spiro atoms. The zero-order valence-corrected chi connectivity index (χ0v) is 10.0.